The van der Waals surface area contributed by atoms with E-state index in [0.29, 0.717) is 13.0 Å². The fraction of sp³-hybridized carbons (Fsp3) is 0.875. The fourth-order valence-electron chi connectivity index (χ4n) is 0.672. The van der Waals surface area contributed by atoms with Crippen molar-refractivity contribution in [1.29, 1.82) is 5.41 Å². The van der Waals surface area contributed by atoms with E-state index >= 15 is 0 Å². The molecular weight excluding hydrogens is 189 g/mol. The Hall–Kier alpha value is -0.470. The van der Waals surface area contributed by atoms with Crippen LogP contribution >= 0.6 is 8.25 Å². The molecule has 0 fully saturated rings. The highest BCUT2D eigenvalue weighted by Gasteiger charge is 2.22. The molecule has 13 heavy (non-hydrogen) atoms. The van der Waals surface area contributed by atoms with Crippen LogP contribution < -0.4 is 0 Å². The van der Waals surface area contributed by atoms with E-state index < -0.39 is 8.25 Å². The van der Waals surface area contributed by atoms with Crippen molar-refractivity contribution in [3.63, 3.8) is 0 Å². The van der Waals surface area contributed by atoms with Crippen LogP contribution in [-0.2, 0) is 13.6 Å². The lowest BCUT2D eigenvalue weighted by molar-refractivity contribution is 0.276. The number of unbranched alkanes of at least 4 members (excludes halogenated alkanes) is 1. The molecule has 0 saturated carbocycles. The van der Waals surface area contributed by atoms with Gasteiger partial charge in [0.1, 0.15) is 6.61 Å². The van der Waals surface area contributed by atoms with Crippen LogP contribution in [0.4, 0.5) is 0 Å². The molecule has 0 spiro atoms. The van der Waals surface area contributed by atoms with Crippen LogP contribution in [-0.4, -0.2) is 12.5 Å². The summed E-state index contributed by atoms with van der Waals surface area (Å²) in [4.78, 5) is 0. The lowest BCUT2D eigenvalue weighted by atomic mass is 10.3. The monoisotopic (exact) mass is 206 g/mol. The predicted molar refractivity (Wildman–Crippen MR) is 52.2 cm³/mol. The Kier molecular flexibility index (Phi) is 7.85. The second-order valence-corrected chi connectivity index (χ2v) is 3.56. The van der Waals surface area contributed by atoms with Gasteiger partial charge in [0.15, 0.2) is 0 Å². The summed E-state index contributed by atoms with van der Waals surface area (Å²) in [5, 5.41) is 7.21. The van der Waals surface area contributed by atoms with Gasteiger partial charge in [-0.3, -0.25) is 5.41 Å². The first kappa shape index (κ1) is 12.5. The summed E-state index contributed by atoms with van der Waals surface area (Å²) in [7, 11) is -2.12. The first-order valence-corrected chi connectivity index (χ1v) is 5.65. The van der Waals surface area contributed by atoms with Gasteiger partial charge in [-0.05, 0) is 12.8 Å². The molecule has 0 bridgehead atoms. The van der Waals surface area contributed by atoms with Crippen LogP contribution in [0, 0.1) is 5.41 Å². The van der Waals surface area contributed by atoms with E-state index in [9.17, 15) is 4.57 Å². The summed E-state index contributed by atoms with van der Waals surface area (Å²) in [5.41, 5.74) is 0. The van der Waals surface area contributed by atoms with Crippen molar-refractivity contribution < 1.29 is 13.6 Å². The molecule has 0 heterocycles. The Balaban J connectivity index is 3.44. The highest BCUT2D eigenvalue weighted by molar-refractivity contribution is 7.34. The van der Waals surface area contributed by atoms with Crippen LogP contribution in [0.5, 0.6) is 0 Å². The molecule has 0 aliphatic heterocycles. The standard InChI is InChI=1S/C8H17NO3P/c1-3-5-7-11-13(10)12-8(9)6-4-2/h9H,3-7H2,1-2H3/q+1. The maximum absolute atomic E-state index is 11.0. The summed E-state index contributed by atoms with van der Waals surface area (Å²) in [6.07, 6.45) is 3.19. The first-order chi connectivity index (χ1) is 6.20. The molecule has 0 aliphatic carbocycles. The molecule has 0 aromatic heterocycles. The molecule has 4 nitrogen and oxygen atoms in total. The fourth-order valence-corrected chi connectivity index (χ4v) is 1.27. The Morgan fingerprint density at radius 2 is 2.08 bits per heavy atom. The topological polar surface area (TPSA) is 59.4 Å². The molecule has 0 aliphatic rings. The molecular formula is C8H17NO3P+. The Morgan fingerprint density at radius 1 is 1.38 bits per heavy atom. The molecule has 0 saturated heterocycles. The van der Waals surface area contributed by atoms with E-state index in [0.717, 1.165) is 19.3 Å². The summed E-state index contributed by atoms with van der Waals surface area (Å²) < 4.78 is 20.5. The van der Waals surface area contributed by atoms with Crippen molar-refractivity contribution in [2.45, 2.75) is 39.5 Å². The molecule has 0 rings (SSSR count). The lowest BCUT2D eigenvalue weighted by Gasteiger charge is -1.92. The van der Waals surface area contributed by atoms with E-state index in [2.05, 4.69) is 0 Å². The van der Waals surface area contributed by atoms with Gasteiger partial charge in [-0.1, -0.05) is 20.3 Å². The van der Waals surface area contributed by atoms with E-state index in [-0.39, 0.29) is 5.90 Å². The van der Waals surface area contributed by atoms with Crippen LogP contribution in [0.25, 0.3) is 0 Å². The maximum Gasteiger partial charge on any atom is 0.751 e. The molecule has 0 radical (unpaired) electrons. The summed E-state index contributed by atoms with van der Waals surface area (Å²) >= 11 is 0. The predicted octanol–water partition coefficient (Wildman–Crippen LogP) is 3.25. The largest absolute Gasteiger partial charge is 0.751 e. The first-order valence-electron chi connectivity index (χ1n) is 4.56. The summed E-state index contributed by atoms with van der Waals surface area (Å²) in [6, 6.07) is 0. The van der Waals surface area contributed by atoms with E-state index in [1.54, 1.807) is 0 Å². The van der Waals surface area contributed by atoms with E-state index in [1.165, 1.54) is 0 Å². The van der Waals surface area contributed by atoms with Gasteiger partial charge in [-0.25, -0.2) is 4.52 Å². The van der Waals surface area contributed by atoms with Crippen molar-refractivity contribution in [3.8, 4) is 0 Å². The van der Waals surface area contributed by atoms with Crippen LogP contribution in [0.2, 0.25) is 0 Å². The molecule has 5 heteroatoms. The Labute approximate surface area is 80.1 Å². The van der Waals surface area contributed by atoms with Crippen LogP contribution in [0.15, 0.2) is 0 Å². The van der Waals surface area contributed by atoms with Gasteiger partial charge in [0, 0.05) is 11.0 Å². The third kappa shape index (κ3) is 7.88. The smallest absolute Gasteiger partial charge is 0.267 e. The molecule has 0 aromatic carbocycles. The molecule has 1 N–H and O–H groups in total. The second kappa shape index (κ2) is 8.14. The summed E-state index contributed by atoms with van der Waals surface area (Å²) in [5.74, 6) is 0.0418. The third-order valence-electron chi connectivity index (χ3n) is 1.36. The average Bonchev–Trinajstić information content (AvgIpc) is 2.05. The average molecular weight is 206 g/mol. The van der Waals surface area contributed by atoms with E-state index in [1.807, 2.05) is 13.8 Å². The van der Waals surface area contributed by atoms with Gasteiger partial charge in [-0.2, -0.15) is 0 Å². The summed E-state index contributed by atoms with van der Waals surface area (Å²) in [6.45, 7) is 4.39. The highest BCUT2D eigenvalue weighted by atomic mass is 31.1. The number of hydrogen-bond acceptors (Lipinski definition) is 4. The zero-order chi connectivity index (χ0) is 10.1. The normalized spacial score (nSPS) is 11.1. The maximum atomic E-state index is 11.0. The van der Waals surface area contributed by atoms with Gasteiger partial charge in [0.2, 0.25) is 5.90 Å². The minimum atomic E-state index is -2.12. The SMILES string of the molecule is CCCCO[P+](=O)OC(=N)CCC. The highest BCUT2D eigenvalue weighted by Crippen LogP contribution is 2.24. The van der Waals surface area contributed by atoms with Crippen molar-refractivity contribution in [2.24, 2.45) is 0 Å². The molecule has 1 unspecified atom stereocenters. The van der Waals surface area contributed by atoms with Crippen molar-refractivity contribution >= 4 is 14.2 Å². The quantitative estimate of drug-likeness (QED) is 0.301. The molecule has 0 amide bonds. The number of rotatable bonds is 7. The van der Waals surface area contributed by atoms with Crippen molar-refractivity contribution in [3.05, 3.63) is 0 Å². The third-order valence-corrected chi connectivity index (χ3v) is 2.12. The van der Waals surface area contributed by atoms with Crippen LogP contribution in [0.1, 0.15) is 39.5 Å². The van der Waals surface area contributed by atoms with Gasteiger partial charge < -0.3 is 0 Å². The number of nitrogens with one attached hydrogen (secondary N) is 1. The van der Waals surface area contributed by atoms with Crippen molar-refractivity contribution in [1.82, 2.24) is 0 Å². The molecule has 1 atom stereocenters. The lowest BCUT2D eigenvalue weighted by Crippen LogP contribution is -1.97. The minimum absolute atomic E-state index is 0.0418. The number of hydrogen-bond donors (Lipinski definition) is 1. The second-order valence-electron chi connectivity index (χ2n) is 2.67. The Bertz CT molecular complexity index is 173. The minimum Gasteiger partial charge on any atom is -0.267 e. The molecule has 0 aromatic rings. The molecule has 76 valence electrons. The van der Waals surface area contributed by atoms with Crippen molar-refractivity contribution in [2.75, 3.05) is 6.61 Å². The van der Waals surface area contributed by atoms with Gasteiger partial charge in [0.05, 0.1) is 0 Å². The Morgan fingerprint density at radius 3 is 2.62 bits per heavy atom. The zero-order valence-corrected chi connectivity index (χ0v) is 9.10. The zero-order valence-electron chi connectivity index (χ0n) is 8.21. The van der Waals surface area contributed by atoms with Gasteiger partial charge in [0.25, 0.3) is 0 Å². The van der Waals surface area contributed by atoms with E-state index in [4.69, 9.17) is 14.5 Å². The van der Waals surface area contributed by atoms with Gasteiger partial charge >= 0.3 is 8.25 Å². The van der Waals surface area contributed by atoms with Gasteiger partial charge in [-0.15, -0.1) is 4.52 Å². The van der Waals surface area contributed by atoms with Crippen LogP contribution in [0.3, 0.4) is 0 Å².